The lowest BCUT2D eigenvalue weighted by Gasteiger charge is -1.85. The van der Waals surface area contributed by atoms with Crippen molar-refractivity contribution in [2.75, 3.05) is 0 Å². The molecular formula is C9H15. The lowest BCUT2D eigenvalue weighted by atomic mass is 10.2. The molecule has 0 heteroatoms. The topological polar surface area (TPSA) is 0 Å². The average Bonchev–Trinajstić information content (AvgIpc) is 1.89. The van der Waals surface area contributed by atoms with E-state index in [2.05, 4.69) is 19.6 Å². The molecule has 0 aromatic heterocycles. The number of hydrogen-bond donors (Lipinski definition) is 0. The second-order valence-electron chi connectivity index (χ2n) is 2.00. The van der Waals surface area contributed by atoms with Gasteiger partial charge in [-0.1, -0.05) is 38.0 Å². The minimum atomic E-state index is 1.20. The van der Waals surface area contributed by atoms with E-state index in [4.69, 9.17) is 0 Å². The van der Waals surface area contributed by atoms with Crippen LogP contribution >= 0.6 is 0 Å². The smallest absolute Gasteiger partial charge is 0.00413 e. The Balaban J connectivity index is 2.94. The molecule has 0 atom stereocenters. The molecule has 0 aliphatic heterocycles. The van der Waals surface area contributed by atoms with Gasteiger partial charge >= 0.3 is 0 Å². The summed E-state index contributed by atoms with van der Waals surface area (Å²) in [4.78, 5) is 0. The second kappa shape index (κ2) is 7.48. The molecule has 0 nitrogen and oxygen atoms in total. The molecule has 0 spiro atoms. The van der Waals surface area contributed by atoms with Crippen molar-refractivity contribution in [2.45, 2.75) is 26.2 Å². The van der Waals surface area contributed by atoms with Gasteiger partial charge in [0, 0.05) is 6.42 Å². The van der Waals surface area contributed by atoms with Crippen LogP contribution in [-0.4, -0.2) is 0 Å². The van der Waals surface area contributed by atoms with Crippen molar-refractivity contribution >= 4 is 0 Å². The van der Waals surface area contributed by atoms with E-state index in [9.17, 15) is 0 Å². The molecule has 0 saturated carbocycles. The van der Waals surface area contributed by atoms with Crippen LogP contribution in [0.1, 0.15) is 26.2 Å². The van der Waals surface area contributed by atoms with Gasteiger partial charge < -0.3 is 0 Å². The van der Waals surface area contributed by atoms with Crippen molar-refractivity contribution in [2.24, 2.45) is 0 Å². The Morgan fingerprint density at radius 3 is 2.78 bits per heavy atom. The second-order valence-corrected chi connectivity index (χ2v) is 2.00. The summed E-state index contributed by atoms with van der Waals surface area (Å²) >= 11 is 0. The first kappa shape index (κ1) is 8.48. The highest BCUT2D eigenvalue weighted by Gasteiger charge is 1.75. The zero-order chi connectivity index (χ0) is 6.95. The summed E-state index contributed by atoms with van der Waals surface area (Å²) < 4.78 is 0. The van der Waals surface area contributed by atoms with E-state index in [1.165, 1.54) is 19.3 Å². The molecule has 0 rings (SSSR count). The molecule has 0 amide bonds. The molecule has 0 bridgehead atoms. The summed E-state index contributed by atoms with van der Waals surface area (Å²) in [6.45, 7) is 5.77. The third-order valence-electron chi connectivity index (χ3n) is 1.11. The van der Waals surface area contributed by atoms with Crippen LogP contribution in [0.5, 0.6) is 0 Å². The molecule has 0 heterocycles. The molecule has 0 saturated heterocycles. The fraction of sp³-hybridized carbons (Fsp3) is 0.444. The molecule has 0 aromatic carbocycles. The number of hydrogen-bond acceptors (Lipinski definition) is 0. The molecule has 0 aromatic rings. The normalized spacial score (nSPS) is 10.3. The summed E-state index contributed by atoms with van der Waals surface area (Å²) in [5.74, 6) is 0. The van der Waals surface area contributed by atoms with Crippen LogP contribution in [0.15, 0.2) is 24.8 Å². The van der Waals surface area contributed by atoms with Gasteiger partial charge in [0.05, 0.1) is 0 Å². The van der Waals surface area contributed by atoms with Crippen LogP contribution in [0.3, 0.4) is 0 Å². The predicted molar refractivity (Wildman–Crippen MR) is 43.2 cm³/mol. The summed E-state index contributed by atoms with van der Waals surface area (Å²) in [6, 6.07) is 0. The Kier molecular flexibility index (Phi) is 7.05. The van der Waals surface area contributed by atoms with Gasteiger partial charge in [-0.25, -0.2) is 0 Å². The third-order valence-corrected chi connectivity index (χ3v) is 1.11. The highest BCUT2D eigenvalue weighted by atomic mass is 13.8. The van der Waals surface area contributed by atoms with Crippen molar-refractivity contribution in [1.82, 2.24) is 0 Å². The monoisotopic (exact) mass is 123 g/mol. The summed E-state index contributed by atoms with van der Waals surface area (Å²) in [6.07, 6.45) is 11.7. The van der Waals surface area contributed by atoms with E-state index in [1.807, 2.05) is 12.5 Å². The number of allylic oxidation sites excluding steroid dienone is 3. The van der Waals surface area contributed by atoms with Crippen molar-refractivity contribution in [1.29, 1.82) is 0 Å². The van der Waals surface area contributed by atoms with Gasteiger partial charge in [-0.15, -0.1) is 6.58 Å². The Labute approximate surface area is 58.3 Å². The molecule has 0 fully saturated rings. The zero-order valence-electron chi connectivity index (χ0n) is 6.14. The Bertz CT molecular complexity index is 80.0. The summed E-state index contributed by atoms with van der Waals surface area (Å²) in [7, 11) is 0. The van der Waals surface area contributed by atoms with Crippen LogP contribution in [-0.2, 0) is 0 Å². The maximum Gasteiger partial charge on any atom is 0.00413 e. The van der Waals surface area contributed by atoms with E-state index in [0.717, 1.165) is 0 Å². The minimum Gasteiger partial charge on any atom is -0.102 e. The molecule has 0 aliphatic rings. The van der Waals surface area contributed by atoms with Crippen LogP contribution in [0.4, 0.5) is 0 Å². The highest BCUT2D eigenvalue weighted by molar-refractivity contribution is 5.04. The molecule has 1 radical (unpaired) electrons. The zero-order valence-corrected chi connectivity index (χ0v) is 6.14. The fourth-order valence-electron chi connectivity index (χ4n) is 0.575. The van der Waals surface area contributed by atoms with Crippen LogP contribution in [0, 0.1) is 6.42 Å². The van der Waals surface area contributed by atoms with Gasteiger partial charge in [0.2, 0.25) is 0 Å². The Morgan fingerprint density at radius 1 is 1.44 bits per heavy atom. The molecule has 9 heavy (non-hydrogen) atoms. The fourth-order valence-corrected chi connectivity index (χ4v) is 0.575. The summed E-state index contributed by atoms with van der Waals surface area (Å²) in [5, 5.41) is 0. The predicted octanol–water partition coefficient (Wildman–Crippen LogP) is 3.12. The molecule has 0 unspecified atom stereocenters. The molecule has 51 valence electrons. The maximum atomic E-state index is 3.57. The largest absolute Gasteiger partial charge is 0.102 e. The van der Waals surface area contributed by atoms with E-state index in [1.54, 1.807) is 6.08 Å². The van der Waals surface area contributed by atoms with Gasteiger partial charge in [0.1, 0.15) is 0 Å². The standard InChI is InChI=1S/C9H15/c1-3-5-7-9-8-6-4-2/h3,5,7,9H,1,4,6,8H2,2H3/b9-7+. The van der Waals surface area contributed by atoms with Crippen LogP contribution in [0.25, 0.3) is 0 Å². The summed E-state index contributed by atoms with van der Waals surface area (Å²) in [5.41, 5.74) is 0. The van der Waals surface area contributed by atoms with Crippen LogP contribution < -0.4 is 0 Å². The molecule has 0 aliphatic carbocycles. The third kappa shape index (κ3) is 7.48. The van der Waals surface area contributed by atoms with Gasteiger partial charge in [0.25, 0.3) is 0 Å². The van der Waals surface area contributed by atoms with E-state index < -0.39 is 0 Å². The maximum absolute atomic E-state index is 3.57. The molecule has 0 N–H and O–H groups in total. The van der Waals surface area contributed by atoms with Gasteiger partial charge in [-0.3, -0.25) is 0 Å². The van der Waals surface area contributed by atoms with Gasteiger partial charge in [-0.2, -0.15) is 0 Å². The number of unbranched alkanes of at least 4 members (excludes halogenated alkanes) is 2. The quantitative estimate of drug-likeness (QED) is 0.493. The highest BCUT2D eigenvalue weighted by Crippen LogP contribution is 1.95. The first-order valence-electron chi connectivity index (χ1n) is 3.52. The lowest BCUT2D eigenvalue weighted by Crippen LogP contribution is -1.66. The van der Waals surface area contributed by atoms with Crippen LogP contribution in [0.2, 0.25) is 0 Å². The van der Waals surface area contributed by atoms with Crippen molar-refractivity contribution in [3.05, 3.63) is 31.2 Å². The average molecular weight is 123 g/mol. The lowest BCUT2D eigenvalue weighted by molar-refractivity contribution is 0.814. The van der Waals surface area contributed by atoms with Gasteiger partial charge in [-0.05, 0) is 6.42 Å². The van der Waals surface area contributed by atoms with E-state index >= 15 is 0 Å². The van der Waals surface area contributed by atoms with Gasteiger partial charge in [0.15, 0.2) is 0 Å². The minimum absolute atomic E-state index is 1.20. The van der Waals surface area contributed by atoms with E-state index in [0.29, 0.717) is 0 Å². The first-order chi connectivity index (χ1) is 4.41. The van der Waals surface area contributed by atoms with E-state index in [-0.39, 0.29) is 0 Å². The van der Waals surface area contributed by atoms with Crippen molar-refractivity contribution in [3.63, 3.8) is 0 Å². The molecular weight excluding hydrogens is 108 g/mol. The van der Waals surface area contributed by atoms with Crippen molar-refractivity contribution in [3.8, 4) is 0 Å². The Hall–Kier alpha value is -0.520. The Morgan fingerprint density at radius 2 is 2.22 bits per heavy atom. The SMILES string of the molecule is C=C[CH]/C=C/CCCC. The van der Waals surface area contributed by atoms with Crippen molar-refractivity contribution < 1.29 is 0 Å². The first-order valence-corrected chi connectivity index (χ1v) is 3.52. The number of rotatable bonds is 5.